The Morgan fingerprint density at radius 1 is 0.955 bits per heavy atom. The molecule has 4 unspecified atom stereocenters. The minimum atomic E-state index is -0.752. The lowest BCUT2D eigenvalue weighted by molar-refractivity contribution is -0.243. The topological polar surface area (TPSA) is 92.7 Å². The number of carbonyl (C=O) groups excluding carboxylic acids is 1. The van der Waals surface area contributed by atoms with Gasteiger partial charge in [-0.1, -0.05) is 37.1 Å². The van der Waals surface area contributed by atoms with E-state index in [1.165, 1.54) is 7.11 Å². The number of hydrogen-bond acceptors (Lipinski definition) is 8. The summed E-state index contributed by atoms with van der Waals surface area (Å²) in [7, 11) is 1.42. The number of carbonyl (C=O) groups is 1. The van der Waals surface area contributed by atoms with Gasteiger partial charge in [0, 0.05) is 51.4 Å². The summed E-state index contributed by atoms with van der Waals surface area (Å²) in [6.45, 7) is 4.20. The second-order valence-electron chi connectivity index (χ2n) is 12.7. The molecule has 0 bridgehead atoms. The lowest BCUT2D eigenvalue weighted by atomic mass is 9.83. The van der Waals surface area contributed by atoms with Crippen LogP contribution in [0.2, 0.25) is 0 Å². The molecule has 0 aromatic carbocycles. The molecule has 0 aromatic heterocycles. The Hall–Kier alpha value is -1.73. The molecule has 8 nitrogen and oxygen atoms in total. The van der Waals surface area contributed by atoms with E-state index in [1.807, 2.05) is 0 Å². The largest absolute Gasteiger partial charge is 0.469 e. The lowest BCUT2D eigenvalue weighted by Crippen LogP contribution is -2.49. The van der Waals surface area contributed by atoms with Gasteiger partial charge in [0.05, 0.1) is 25.4 Å². The van der Waals surface area contributed by atoms with Crippen LogP contribution in [0.3, 0.4) is 0 Å². The highest BCUT2D eigenvalue weighted by molar-refractivity contribution is 5.69. The highest BCUT2D eigenvalue weighted by Gasteiger charge is 2.45. The smallest absolute Gasteiger partial charge is 0.305 e. The number of hydrogen-bond donors (Lipinski definition) is 1. The Morgan fingerprint density at radius 3 is 2.34 bits per heavy atom. The van der Waals surface area contributed by atoms with Gasteiger partial charge in [0.1, 0.15) is 5.60 Å². The van der Waals surface area contributed by atoms with Crippen molar-refractivity contribution in [2.24, 2.45) is 11.8 Å². The molecule has 44 heavy (non-hydrogen) atoms. The molecule has 0 aromatic rings. The summed E-state index contributed by atoms with van der Waals surface area (Å²) >= 11 is 0. The van der Waals surface area contributed by atoms with Crippen molar-refractivity contribution in [2.45, 2.75) is 146 Å². The number of rotatable bonds is 14. The monoisotopic (exact) mass is 616 g/mol. The van der Waals surface area contributed by atoms with Crippen molar-refractivity contribution >= 4 is 5.97 Å². The van der Waals surface area contributed by atoms with Crippen LogP contribution in [0.5, 0.6) is 0 Å². The lowest BCUT2D eigenvalue weighted by Gasteiger charge is -2.42. The fourth-order valence-corrected chi connectivity index (χ4v) is 6.89. The Bertz CT molecular complexity index is 951. The highest BCUT2D eigenvalue weighted by atomic mass is 16.7. The second-order valence-corrected chi connectivity index (χ2v) is 12.7. The molecule has 0 amide bonds. The van der Waals surface area contributed by atoms with Crippen LogP contribution in [-0.2, 0) is 33.2 Å². The maximum atomic E-state index is 11.5. The van der Waals surface area contributed by atoms with Gasteiger partial charge in [-0.2, -0.15) is 0 Å². The quantitative estimate of drug-likeness (QED) is 0.104. The standard InChI is InChI=1S/C36H56O8/c1-3-4-12-22-36(32-17-9-13-24-40-32,44-35-20-11-15-26-42-35)23-21-29-28(16-7-5-6-8-18-33(38)39-2)30(37)27-31(29)43-34-19-10-14-25-41-34/h5,7,21,23,28-32,34-35,37H,3,6,8-11,13-20,22,24-27H2,1-2H3/b7-5-,23-21+/t28-,29-,30+,31-,32?,34?,35?,36?/m1/s1. The molecule has 1 N–H and O–H groups in total. The third-order valence-electron chi connectivity index (χ3n) is 9.39. The van der Waals surface area contributed by atoms with Crippen LogP contribution in [0.25, 0.3) is 0 Å². The van der Waals surface area contributed by atoms with Crippen molar-refractivity contribution in [3.8, 4) is 11.8 Å². The summed E-state index contributed by atoms with van der Waals surface area (Å²) in [4.78, 5) is 11.5. The molecule has 3 heterocycles. The average Bonchev–Trinajstić information content (AvgIpc) is 3.35. The molecular formula is C36H56O8. The predicted molar refractivity (Wildman–Crippen MR) is 169 cm³/mol. The molecular weight excluding hydrogens is 560 g/mol. The Balaban J connectivity index is 1.58. The summed E-state index contributed by atoms with van der Waals surface area (Å²) in [6.07, 6.45) is 21.0. The number of ether oxygens (including phenoxy) is 6. The Morgan fingerprint density at radius 2 is 1.68 bits per heavy atom. The zero-order chi connectivity index (χ0) is 31.0. The van der Waals surface area contributed by atoms with E-state index in [2.05, 4.69) is 43.1 Å². The van der Waals surface area contributed by atoms with Gasteiger partial charge in [-0.25, -0.2) is 0 Å². The van der Waals surface area contributed by atoms with E-state index in [0.717, 1.165) is 83.5 Å². The molecule has 248 valence electrons. The van der Waals surface area contributed by atoms with Gasteiger partial charge in [0.15, 0.2) is 12.6 Å². The Labute approximate surface area is 265 Å². The molecule has 1 saturated carbocycles. The molecule has 0 radical (unpaired) electrons. The average molecular weight is 617 g/mol. The number of unbranched alkanes of at least 4 members (excludes halogenated alkanes) is 1. The number of methoxy groups -OCH3 is 1. The summed E-state index contributed by atoms with van der Waals surface area (Å²) in [6, 6.07) is 0. The first-order valence-corrected chi connectivity index (χ1v) is 17.3. The van der Waals surface area contributed by atoms with Gasteiger partial charge in [0.2, 0.25) is 0 Å². The van der Waals surface area contributed by atoms with E-state index in [1.54, 1.807) is 0 Å². The summed E-state index contributed by atoms with van der Waals surface area (Å²) in [5.41, 5.74) is -0.752. The first-order chi connectivity index (χ1) is 21.5. The van der Waals surface area contributed by atoms with Crippen molar-refractivity contribution in [3.05, 3.63) is 24.3 Å². The van der Waals surface area contributed by atoms with Crippen LogP contribution in [0.15, 0.2) is 24.3 Å². The summed E-state index contributed by atoms with van der Waals surface area (Å²) in [5.74, 6) is 6.42. The maximum Gasteiger partial charge on any atom is 0.305 e. The minimum Gasteiger partial charge on any atom is -0.469 e. The summed E-state index contributed by atoms with van der Waals surface area (Å²) in [5, 5.41) is 11.3. The third-order valence-corrected chi connectivity index (χ3v) is 9.39. The zero-order valence-electron chi connectivity index (χ0n) is 27.1. The zero-order valence-corrected chi connectivity index (χ0v) is 27.1. The predicted octanol–water partition coefficient (Wildman–Crippen LogP) is 6.40. The van der Waals surface area contributed by atoms with Crippen LogP contribution >= 0.6 is 0 Å². The van der Waals surface area contributed by atoms with Crippen molar-refractivity contribution in [1.29, 1.82) is 0 Å². The van der Waals surface area contributed by atoms with E-state index in [-0.39, 0.29) is 42.6 Å². The van der Waals surface area contributed by atoms with Crippen LogP contribution in [0.1, 0.15) is 110 Å². The molecule has 4 rings (SSSR count). The van der Waals surface area contributed by atoms with Gasteiger partial charge in [0.25, 0.3) is 0 Å². The number of esters is 1. The van der Waals surface area contributed by atoms with Gasteiger partial charge in [-0.15, -0.1) is 5.92 Å². The number of aliphatic hydroxyl groups excluding tert-OH is 1. The van der Waals surface area contributed by atoms with Crippen LogP contribution in [-0.4, -0.2) is 74.5 Å². The van der Waals surface area contributed by atoms with E-state index in [9.17, 15) is 9.90 Å². The second kappa shape index (κ2) is 19.1. The maximum absolute atomic E-state index is 11.5. The minimum absolute atomic E-state index is 0.0191. The molecule has 8 atom stereocenters. The molecule has 8 heteroatoms. The van der Waals surface area contributed by atoms with Crippen LogP contribution in [0.4, 0.5) is 0 Å². The van der Waals surface area contributed by atoms with Crippen LogP contribution < -0.4 is 0 Å². The van der Waals surface area contributed by atoms with Crippen molar-refractivity contribution in [2.75, 3.05) is 26.9 Å². The normalized spacial score (nSPS) is 32.8. The van der Waals surface area contributed by atoms with E-state index < -0.39 is 11.7 Å². The fraction of sp³-hybridized carbons (Fsp3) is 0.806. The number of allylic oxidation sites excluding steroid dienone is 2. The van der Waals surface area contributed by atoms with Crippen molar-refractivity contribution in [1.82, 2.24) is 0 Å². The molecule has 4 aliphatic rings. The highest BCUT2D eigenvalue weighted by Crippen LogP contribution is 2.41. The van der Waals surface area contributed by atoms with Crippen molar-refractivity contribution in [3.63, 3.8) is 0 Å². The van der Waals surface area contributed by atoms with Crippen LogP contribution in [0, 0.1) is 23.7 Å². The first kappa shape index (κ1) is 35.1. The van der Waals surface area contributed by atoms with E-state index in [4.69, 9.17) is 28.4 Å². The molecule has 1 aliphatic carbocycles. The molecule has 4 fully saturated rings. The van der Waals surface area contributed by atoms with Crippen molar-refractivity contribution < 1.29 is 38.3 Å². The molecule has 3 aliphatic heterocycles. The molecule has 3 saturated heterocycles. The molecule has 0 spiro atoms. The third kappa shape index (κ3) is 10.7. The van der Waals surface area contributed by atoms with Gasteiger partial charge < -0.3 is 33.5 Å². The summed E-state index contributed by atoms with van der Waals surface area (Å²) < 4.78 is 36.7. The van der Waals surface area contributed by atoms with Gasteiger partial charge in [-0.3, -0.25) is 4.79 Å². The van der Waals surface area contributed by atoms with E-state index in [0.29, 0.717) is 39.1 Å². The van der Waals surface area contributed by atoms with Gasteiger partial charge >= 0.3 is 5.97 Å². The van der Waals surface area contributed by atoms with Gasteiger partial charge in [-0.05, 0) is 83.0 Å². The van der Waals surface area contributed by atoms with E-state index >= 15 is 0 Å². The Kier molecular flexibility index (Phi) is 15.2. The SMILES string of the molecule is CCC#CCC(/C=C/[C@@H]1[C@@H](C/C=C\CCCC(=O)OC)[C@@H](O)C[C@H]1OC1CCCCO1)(OC1CCCCO1)C1CCCCO1. The fourth-order valence-electron chi connectivity index (χ4n) is 6.89. The number of aliphatic hydroxyl groups is 1. The first-order valence-electron chi connectivity index (χ1n) is 17.3.